The largest absolute Gasteiger partial charge is 0.456 e. The average molecular weight is 647 g/mol. The SMILES string of the molecule is Cc1cc(-c2ccc3c4c(cccc24)-c2cc4ccccc4cc2O3)cc2c1-c1ccccc1C21c2ccccc2-c2c1ccc1ccccc21. The molecule has 1 nitrogen and oxygen atoms in total. The van der Waals surface area contributed by atoms with Crippen molar-refractivity contribution in [1.29, 1.82) is 0 Å². The fourth-order valence-electron chi connectivity index (χ4n) is 9.97. The summed E-state index contributed by atoms with van der Waals surface area (Å²) in [5, 5.41) is 7.40. The molecule has 12 rings (SSSR count). The highest BCUT2D eigenvalue weighted by molar-refractivity contribution is 6.12. The Morgan fingerprint density at radius 2 is 1.06 bits per heavy atom. The maximum Gasteiger partial charge on any atom is 0.135 e. The van der Waals surface area contributed by atoms with E-state index in [4.69, 9.17) is 4.74 Å². The third-order valence-corrected chi connectivity index (χ3v) is 11.9. The van der Waals surface area contributed by atoms with Gasteiger partial charge in [-0.2, -0.15) is 0 Å². The van der Waals surface area contributed by atoms with Crippen LogP contribution in [0.1, 0.15) is 27.8 Å². The minimum atomic E-state index is -0.419. The molecule has 0 N–H and O–H groups in total. The molecule has 9 aromatic rings. The number of aryl methyl sites for hydroxylation is 1. The molecule has 1 heteroatoms. The van der Waals surface area contributed by atoms with Gasteiger partial charge in [-0.1, -0.05) is 140 Å². The van der Waals surface area contributed by atoms with E-state index in [0.29, 0.717) is 0 Å². The molecule has 0 aromatic heterocycles. The minimum Gasteiger partial charge on any atom is -0.456 e. The molecule has 0 amide bonds. The maximum absolute atomic E-state index is 6.68. The summed E-state index contributed by atoms with van der Waals surface area (Å²) in [6, 6.07) is 61.0. The third kappa shape index (κ3) is 3.36. The molecule has 1 aliphatic heterocycles. The van der Waals surface area contributed by atoms with Gasteiger partial charge >= 0.3 is 0 Å². The molecular formula is C50H30O. The minimum absolute atomic E-state index is 0.419. The van der Waals surface area contributed by atoms with Gasteiger partial charge in [0.25, 0.3) is 0 Å². The Morgan fingerprint density at radius 3 is 1.88 bits per heavy atom. The highest BCUT2D eigenvalue weighted by Crippen LogP contribution is 2.64. The highest BCUT2D eigenvalue weighted by atomic mass is 16.5. The van der Waals surface area contributed by atoms with Crippen LogP contribution in [0.3, 0.4) is 0 Å². The van der Waals surface area contributed by atoms with Gasteiger partial charge in [-0.3, -0.25) is 0 Å². The molecule has 3 aliphatic rings. The highest BCUT2D eigenvalue weighted by Gasteiger charge is 2.52. The molecule has 236 valence electrons. The Hall–Kier alpha value is -6.44. The molecule has 1 heterocycles. The zero-order valence-corrected chi connectivity index (χ0v) is 28.0. The number of fused-ring (bicyclic) bond motifs is 15. The lowest BCUT2D eigenvalue weighted by Gasteiger charge is -2.31. The van der Waals surface area contributed by atoms with Crippen molar-refractivity contribution >= 4 is 32.3 Å². The van der Waals surface area contributed by atoms with Crippen LogP contribution in [0, 0.1) is 6.92 Å². The van der Waals surface area contributed by atoms with E-state index in [2.05, 4.69) is 171 Å². The molecular weight excluding hydrogens is 617 g/mol. The van der Waals surface area contributed by atoms with Crippen molar-refractivity contribution in [1.82, 2.24) is 0 Å². The summed E-state index contributed by atoms with van der Waals surface area (Å²) in [5.41, 5.74) is 16.6. The van der Waals surface area contributed by atoms with Gasteiger partial charge in [0, 0.05) is 10.9 Å². The Bertz CT molecular complexity index is 3020. The van der Waals surface area contributed by atoms with E-state index in [0.717, 1.165) is 17.1 Å². The summed E-state index contributed by atoms with van der Waals surface area (Å²) in [4.78, 5) is 0. The quantitative estimate of drug-likeness (QED) is 0.172. The van der Waals surface area contributed by atoms with E-state index in [9.17, 15) is 0 Å². The van der Waals surface area contributed by atoms with Crippen LogP contribution < -0.4 is 4.74 Å². The van der Waals surface area contributed by atoms with E-state index >= 15 is 0 Å². The molecule has 1 atom stereocenters. The molecule has 51 heavy (non-hydrogen) atoms. The fourth-order valence-corrected chi connectivity index (χ4v) is 9.97. The van der Waals surface area contributed by atoms with Gasteiger partial charge in [-0.15, -0.1) is 0 Å². The topological polar surface area (TPSA) is 9.23 Å². The van der Waals surface area contributed by atoms with Gasteiger partial charge in [0.2, 0.25) is 0 Å². The molecule has 0 fully saturated rings. The summed E-state index contributed by atoms with van der Waals surface area (Å²) in [5.74, 6) is 1.83. The van der Waals surface area contributed by atoms with Crippen molar-refractivity contribution in [2.75, 3.05) is 0 Å². The first-order chi connectivity index (χ1) is 25.2. The van der Waals surface area contributed by atoms with E-state index in [1.54, 1.807) is 0 Å². The lowest BCUT2D eigenvalue weighted by molar-refractivity contribution is 0.488. The van der Waals surface area contributed by atoms with E-state index in [-0.39, 0.29) is 0 Å². The zero-order chi connectivity index (χ0) is 33.4. The van der Waals surface area contributed by atoms with Crippen LogP contribution in [0.2, 0.25) is 0 Å². The number of ether oxygens (including phenoxy) is 1. The van der Waals surface area contributed by atoms with Crippen molar-refractivity contribution < 1.29 is 4.74 Å². The number of benzene rings is 9. The fraction of sp³-hybridized carbons (Fsp3) is 0.0400. The predicted molar refractivity (Wildman–Crippen MR) is 211 cm³/mol. The summed E-state index contributed by atoms with van der Waals surface area (Å²) >= 11 is 0. The first-order valence-corrected chi connectivity index (χ1v) is 17.8. The molecule has 9 aromatic carbocycles. The normalized spacial score (nSPS) is 15.8. The zero-order valence-electron chi connectivity index (χ0n) is 28.0. The monoisotopic (exact) mass is 646 g/mol. The van der Waals surface area contributed by atoms with Crippen LogP contribution in [0.5, 0.6) is 11.5 Å². The van der Waals surface area contributed by atoms with Crippen molar-refractivity contribution in [3.63, 3.8) is 0 Å². The van der Waals surface area contributed by atoms with Gasteiger partial charge in [0.1, 0.15) is 11.5 Å². The van der Waals surface area contributed by atoms with Crippen molar-refractivity contribution in [2.24, 2.45) is 0 Å². The Balaban J connectivity index is 1.15. The van der Waals surface area contributed by atoms with E-state index in [1.165, 1.54) is 99.1 Å². The van der Waals surface area contributed by atoms with Crippen LogP contribution in [-0.4, -0.2) is 0 Å². The van der Waals surface area contributed by atoms with Crippen LogP contribution in [-0.2, 0) is 5.41 Å². The van der Waals surface area contributed by atoms with E-state index in [1.807, 2.05) is 0 Å². The summed E-state index contributed by atoms with van der Waals surface area (Å²) in [6.45, 7) is 2.30. The smallest absolute Gasteiger partial charge is 0.135 e. The van der Waals surface area contributed by atoms with Gasteiger partial charge in [-0.05, 0) is 125 Å². The van der Waals surface area contributed by atoms with E-state index < -0.39 is 5.41 Å². The lowest BCUT2D eigenvalue weighted by atomic mass is 9.70. The third-order valence-electron chi connectivity index (χ3n) is 11.9. The van der Waals surface area contributed by atoms with Gasteiger partial charge < -0.3 is 4.74 Å². The molecule has 0 saturated heterocycles. The van der Waals surface area contributed by atoms with Gasteiger partial charge in [0.15, 0.2) is 0 Å². The number of rotatable bonds is 1. The first-order valence-electron chi connectivity index (χ1n) is 17.8. The van der Waals surface area contributed by atoms with Crippen molar-refractivity contribution in [2.45, 2.75) is 12.3 Å². The van der Waals surface area contributed by atoms with Crippen LogP contribution in [0.15, 0.2) is 164 Å². The van der Waals surface area contributed by atoms with Crippen LogP contribution in [0.4, 0.5) is 0 Å². The maximum atomic E-state index is 6.68. The second kappa shape index (κ2) is 9.62. The molecule has 1 spiro atoms. The Morgan fingerprint density at radius 1 is 0.392 bits per heavy atom. The van der Waals surface area contributed by atoms with Crippen molar-refractivity contribution in [3.05, 3.63) is 192 Å². The Kier molecular flexibility index (Phi) is 5.17. The molecule has 0 radical (unpaired) electrons. The van der Waals surface area contributed by atoms with Crippen molar-refractivity contribution in [3.8, 4) is 56.0 Å². The molecule has 1 unspecified atom stereocenters. The lowest BCUT2D eigenvalue weighted by Crippen LogP contribution is -2.26. The van der Waals surface area contributed by atoms with Crippen LogP contribution >= 0.6 is 0 Å². The standard InChI is InChI=1S/C50H30O/c1-29-25-33(34-22-24-45-49-36(34)17-10-18-37(49)40-26-31-12-2-3-13-32(31)28-46(40)51-45)27-44-47(29)38-15-6-8-19-41(38)50(44)42-20-9-7-16-39(42)48-35-14-5-4-11-30(35)21-23-43(48)50/h2-28H,1H3. The van der Waals surface area contributed by atoms with Gasteiger partial charge in [-0.25, -0.2) is 0 Å². The Labute approximate surface area is 296 Å². The predicted octanol–water partition coefficient (Wildman–Crippen LogP) is 13.2. The summed E-state index contributed by atoms with van der Waals surface area (Å²) < 4.78 is 6.68. The summed E-state index contributed by atoms with van der Waals surface area (Å²) in [7, 11) is 0. The molecule has 2 aliphatic carbocycles. The average Bonchev–Trinajstić information content (AvgIpc) is 3.65. The second-order valence-electron chi connectivity index (χ2n) is 14.4. The summed E-state index contributed by atoms with van der Waals surface area (Å²) in [6.07, 6.45) is 0. The second-order valence-corrected chi connectivity index (χ2v) is 14.4. The number of hydrogen-bond donors (Lipinski definition) is 0. The first kappa shape index (κ1) is 27.4. The molecule has 0 saturated carbocycles. The molecule has 0 bridgehead atoms. The van der Waals surface area contributed by atoms with Gasteiger partial charge in [0.05, 0.1) is 5.41 Å². The van der Waals surface area contributed by atoms with Crippen LogP contribution in [0.25, 0.3) is 76.8 Å². The number of hydrogen-bond acceptors (Lipinski definition) is 1.